The van der Waals surface area contributed by atoms with Crippen molar-refractivity contribution in [1.29, 1.82) is 0 Å². The molecule has 1 heterocycles. The van der Waals surface area contributed by atoms with Crippen molar-refractivity contribution >= 4 is 16.8 Å². The minimum absolute atomic E-state index is 0.0406. The first-order chi connectivity index (χ1) is 8.56. The number of benzene rings is 1. The number of ether oxygens (including phenoxy) is 1. The zero-order valence-electron chi connectivity index (χ0n) is 11.2. The van der Waals surface area contributed by atoms with E-state index < -0.39 is 0 Å². The summed E-state index contributed by atoms with van der Waals surface area (Å²) in [5, 5.41) is 3.71. The van der Waals surface area contributed by atoms with Gasteiger partial charge in [-0.05, 0) is 25.5 Å². The van der Waals surface area contributed by atoms with Gasteiger partial charge in [0.2, 0.25) is 0 Å². The molecule has 0 aliphatic carbocycles. The number of amides is 1. The summed E-state index contributed by atoms with van der Waals surface area (Å²) in [6, 6.07) is 5.92. The van der Waals surface area contributed by atoms with Gasteiger partial charge in [0.25, 0.3) is 5.91 Å². The first-order valence-corrected chi connectivity index (χ1v) is 5.94. The second kappa shape index (κ2) is 4.72. The normalized spacial score (nSPS) is 10.7. The summed E-state index contributed by atoms with van der Waals surface area (Å²) in [5.74, 6) is 0.615. The van der Waals surface area contributed by atoms with Crippen molar-refractivity contribution in [2.75, 3.05) is 13.7 Å². The van der Waals surface area contributed by atoms with Crippen LogP contribution in [0.2, 0.25) is 0 Å². The Morgan fingerprint density at radius 1 is 1.39 bits per heavy atom. The van der Waals surface area contributed by atoms with Crippen molar-refractivity contribution in [3.8, 4) is 5.75 Å². The molecule has 0 unspecified atom stereocenters. The fraction of sp³-hybridized carbons (Fsp3) is 0.357. The molecule has 0 aliphatic heterocycles. The van der Waals surface area contributed by atoms with Gasteiger partial charge >= 0.3 is 0 Å². The average molecular weight is 246 g/mol. The zero-order valence-corrected chi connectivity index (χ0v) is 11.2. The summed E-state index contributed by atoms with van der Waals surface area (Å²) in [4.78, 5) is 11.2. The van der Waals surface area contributed by atoms with Crippen LogP contribution in [0.5, 0.6) is 5.75 Å². The number of aryl methyl sites for hydroxylation is 2. The van der Waals surface area contributed by atoms with E-state index in [1.54, 1.807) is 7.05 Å². The fourth-order valence-electron chi connectivity index (χ4n) is 2.12. The number of rotatable bonds is 3. The number of carbonyl (C=O) groups is 1. The molecule has 4 heteroatoms. The Labute approximate surface area is 107 Å². The van der Waals surface area contributed by atoms with E-state index in [0.29, 0.717) is 0 Å². The zero-order chi connectivity index (χ0) is 13.3. The van der Waals surface area contributed by atoms with Crippen molar-refractivity contribution in [1.82, 2.24) is 9.88 Å². The molecule has 2 aromatic rings. The van der Waals surface area contributed by atoms with Gasteiger partial charge in [0.05, 0.1) is 5.52 Å². The lowest BCUT2D eigenvalue weighted by Gasteiger charge is -2.08. The third-order valence-electron chi connectivity index (χ3n) is 3.42. The Bertz CT molecular complexity index is 599. The first kappa shape index (κ1) is 12.5. The molecule has 0 spiro atoms. The molecule has 0 bridgehead atoms. The highest BCUT2D eigenvalue weighted by atomic mass is 16.5. The van der Waals surface area contributed by atoms with Crippen LogP contribution in [-0.2, 0) is 11.8 Å². The summed E-state index contributed by atoms with van der Waals surface area (Å²) >= 11 is 0. The van der Waals surface area contributed by atoms with Crippen molar-refractivity contribution in [2.24, 2.45) is 7.05 Å². The van der Waals surface area contributed by atoms with Crippen molar-refractivity contribution in [3.63, 3.8) is 0 Å². The summed E-state index contributed by atoms with van der Waals surface area (Å²) in [5.41, 5.74) is 3.50. The molecule has 0 saturated heterocycles. The molecule has 96 valence electrons. The maximum atomic E-state index is 11.2. The molecular weight excluding hydrogens is 228 g/mol. The molecule has 1 aromatic heterocycles. The van der Waals surface area contributed by atoms with Gasteiger partial charge < -0.3 is 14.6 Å². The quantitative estimate of drug-likeness (QED) is 0.899. The number of nitrogens with zero attached hydrogens (tertiary/aromatic N) is 1. The lowest BCUT2D eigenvalue weighted by atomic mass is 10.1. The predicted molar refractivity (Wildman–Crippen MR) is 72.0 cm³/mol. The monoisotopic (exact) mass is 246 g/mol. The van der Waals surface area contributed by atoms with E-state index in [0.717, 1.165) is 11.3 Å². The van der Waals surface area contributed by atoms with E-state index in [-0.39, 0.29) is 12.5 Å². The molecule has 2 rings (SSSR count). The van der Waals surface area contributed by atoms with Crippen molar-refractivity contribution < 1.29 is 9.53 Å². The van der Waals surface area contributed by atoms with E-state index in [4.69, 9.17) is 4.74 Å². The lowest BCUT2D eigenvalue weighted by Crippen LogP contribution is -2.24. The highest BCUT2D eigenvalue weighted by molar-refractivity contribution is 5.90. The minimum atomic E-state index is -0.130. The molecule has 1 aromatic carbocycles. The SMILES string of the molecule is CNC(=O)COc1cccc2c(C)c(C)n(C)c12. The molecule has 0 aliphatic rings. The van der Waals surface area contributed by atoms with E-state index >= 15 is 0 Å². The summed E-state index contributed by atoms with van der Waals surface area (Å²) in [6.45, 7) is 4.22. The second-order valence-corrected chi connectivity index (χ2v) is 4.38. The first-order valence-electron chi connectivity index (χ1n) is 5.94. The summed E-state index contributed by atoms with van der Waals surface area (Å²) < 4.78 is 7.69. The maximum Gasteiger partial charge on any atom is 0.257 e. The van der Waals surface area contributed by atoms with Gasteiger partial charge in [-0.1, -0.05) is 12.1 Å². The molecule has 0 saturated carbocycles. The van der Waals surface area contributed by atoms with Crippen LogP contribution in [0.4, 0.5) is 0 Å². The van der Waals surface area contributed by atoms with Crippen LogP contribution in [0.3, 0.4) is 0 Å². The van der Waals surface area contributed by atoms with Crippen LogP contribution in [0.1, 0.15) is 11.3 Å². The largest absolute Gasteiger partial charge is 0.482 e. The number of hydrogen-bond acceptors (Lipinski definition) is 2. The molecule has 0 radical (unpaired) electrons. The molecule has 18 heavy (non-hydrogen) atoms. The number of para-hydroxylation sites is 1. The minimum Gasteiger partial charge on any atom is -0.482 e. The van der Waals surface area contributed by atoms with Crippen LogP contribution in [0, 0.1) is 13.8 Å². The molecular formula is C14H18N2O2. The van der Waals surface area contributed by atoms with Crippen LogP contribution in [0.15, 0.2) is 18.2 Å². The predicted octanol–water partition coefficient (Wildman–Crippen LogP) is 1.92. The van der Waals surface area contributed by atoms with E-state index in [1.807, 2.05) is 19.2 Å². The van der Waals surface area contributed by atoms with Crippen molar-refractivity contribution in [3.05, 3.63) is 29.5 Å². The number of aromatic nitrogens is 1. The molecule has 0 fully saturated rings. The Kier molecular flexibility index (Phi) is 3.28. The topological polar surface area (TPSA) is 43.3 Å². The fourth-order valence-corrected chi connectivity index (χ4v) is 2.12. The van der Waals surface area contributed by atoms with Crippen LogP contribution >= 0.6 is 0 Å². The van der Waals surface area contributed by atoms with Gasteiger partial charge in [-0.3, -0.25) is 4.79 Å². The van der Waals surface area contributed by atoms with Gasteiger partial charge in [-0.25, -0.2) is 0 Å². The molecule has 0 atom stereocenters. The third-order valence-corrected chi connectivity index (χ3v) is 3.42. The smallest absolute Gasteiger partial charge is 0.257 e. The van der Waals surface area contributed by atoms with E-state index in [9.17, 15) is 4.79 Å². The Balaban J connectivity index is 2.45. The van der Waals surface area contributed by atoms with Gasteiger partial charge in [0, 0.05) is 25.2 Å². The number of nitrogens with one attached hydrogen (secondary N) is 1. The van der Waals surface area contributed by atoms with Gasteiger partial charge in [0.1, 0.15) is 5.75 Å². The number of hydrogen-bond donors (Lipinski definition) is 1. The summed E-state index contributed by atoms with van der Waals surface area (Å²) in [7, 11) is 3.61. The van der Waals surface area contributed by atoms with Crippen LogP contribution in [0.25, 0.3) is 10.9 Å². The number of fused-ring (bicyclic) bond motifs is 1. The Morgan fingerprint density at radius 2 is 2.11 bits per heavy atom. The van der Waals surface area contributed by atoms with Crippen LogP contribution < -0.4 is 10.1 Å². The van der Waals surface area contributed by atoms with Crippen molar-refractivity contribution in [2.45, 2.75) is 13.8 Å². The Morgan fingerprint density at radius 3 is 2.78 bits per heavy atom. The third kappa shape index (κ3) is 1.94. The Hall–Kier alpha value is -1.97. The number of carbonyl (C=O) groups excluding carboxylic acids is 1. The molecule has 1 amide bonds. The molecule has 1 N–H and O–H groups in total. The summed E-state index contributed by atoms with van der Waals surface area (Å²) in [6.07, 6.45) is 0. The van der Waals surface area contributed by atoms with Gasteiger partial charge in [0.15, 0.2) is 6.61 Å². The van der Waals surface area contributed by atoms with Crippen LogP contribution in [-0.4, -0.2) is 24.1 Å². The highest BCUT2D eigenvalue weighted by Gasteiger charge is 2.13. The molecule has 4 nitrogen and oxygen atoms in total. The highest BCUT2D eigenvalue weighted by Crippen LogP contribution is 2.31. The number of likely N-dealkylation sites (N-methyl/N-ethyl adjacent to an activating group) is 1. The van der Waals surface area contributed by atoms with Gasteiger partial charge in [-0.2, -0.15) is 0 Å². The second-order valence-electron chi connectivity index (χ2n) is 4.38. The lowest BCUT2D eigenvalue weighted by molar-refractivity contribution is -0.122. The standard InChI is InChI=1S/C14H18N2O2/c1-9-10(2)16(4)14-11(9)6-5-7-12(14)18-8-13(17)15-3/h5-7H,8H2,1-4H3,(H,15,17). The van der Waals surface area contributed by atoms with Gasteiger partial charge in [-0.15, -0.1) is 0 Å². The van der Waals surface area contributed by atoms with E-state index in [2.05, 4.69) is 29.8 Å². The van der Waals surface area contributed by atoms with E-state index in [1.165, 1.54) is 16.6 Å². The maximum absolute atomic E-state index is 11.2. The average Bonchev–Trinajstić information content (AvgIpc) is 2.61.